The molecule has 2 N–H and O–H groups in total. The Kier molecular flexibility index (Phi) is 6.60. The Hall–Kier alpha value is -1.79. The van der Waals surface area contributed by atoms with Crippen molar-refractivity contribution >= 4 is 5.91 Å². The lowest BCUT2D eigenvalue weighted by molar-refractivity contribution is 0.0952. The highest BCUT2D eigenvalue weighted by Gasteiger charge is 2.08. The fourth-order valence-corrected chi connectivity index (χ4v) is 1.60. The first-order valence-corrected chi connectivity index (χ1v) is 6.26. The Morgan fingerprint density at radius 3 is 2.83 bits per heavy atom. The molecule has 96 valence electrons. The third-order valence-corrected chi connectivity index (χ3v) is 2.54. The maximum absolute atomic E-state index is 12.0. The molecule has 0 fully saturated rings. The van der Waals surface area contributed by atoms with Crippen molar-refractivity contribution in [3.8, 4) is 11.8 Å². The Bertz CT molecular complexity index is 443. The maximum atomic E-state index is 12.0. The fourth-order valence-electron chi connectivity index (χ4n) is 1.60. The molecule has 0 atom stereocenters. The van der Waals surface area contributed by atoms with Crippen LogP contribution in [-0.4, -0.2) is 24.2 Å². The molecule has 0 aliphatic rings. The number of nitrogens with one attached hydrogen (secondary N) is 1. The van der Waals surface area contributed by atoms with E-state index < -0.39 is 0 Å². The molecule has 0 aliphatic carbocycles. The SMILES string of the molecule is CCCCCNC(=O)c1ccccc1C#CCO. The molecule has 0 aromatic heterocycles. The summed E-state index contributed by atoms with van der Waals surface area (Å²) >= 11 is 0. The highest BCUT2D eigenvalue weighted by Crippen LogP contribution is 2.07. The normalized spacial score (nSPS) is 9.44. The molecule has 0 saturated heterocycles. The molecule has 1 aromatic rings. The molecule has 1 aromatic carbocycles. The minimum atomic E-state index is -0.202. The summed E-state index contributed by atoms with van der Waals surface area (Å²) in [5.74, 6) is 5.24. The number of carbonyl (C=O) groups is 1. The van der Waals surface area contributed by atoms with E-state index in [1.165, 1.54) is 0 Å². The topological polar surface area (TPSA) is 49.3 Å². The largest absolute Gasteiger partial charge is 0.384 e. The van der Waals surface area contributed by atoms with Gasteiger partial charge >= 0.3 is 0 Å². The van der Waals surface area contributed by atoms with Crippen LogP contribution in [0.1, 0.15) is 42.1 Å². The number of hydrogen-bond acceptors (Lipinski definition) is 2. The number of carbonyl (C=O) groups excluding carboxylic acids is 1. The molecule has 3 heteroatoms. The maximum Gasteiger partial charge on any atom is 0.252 e. The molecule has 1 rings (SSSR count). The van der Waals surface area contributed by atoms with Crippen LogP contribution in [0, 0.1) is 11.8 Å². The van der Waals surface area contributed by atoms with Gasteiger partial charge in [0.15, 0.2) is 0 Å². The predicted octanol–water partition coefficient (Wildman–Crippen LogP) is 1.95. The Balaban J connectivity index is 2.67. The number of amides is 1. The fraction of sp³-hybridized carbons (Fsp3) is 0.400. The Morgan fingerprint density at radius 2 is 2.11 bits per heavy atom. The van der Waals surface area contributed by atoms with E-state index in [1.54, 1.807) is 12.1 Å². The number of hydrogen-bond donors (Lipinski definition) is 2. The summed E-state index contributed by atoms with van der Waals surface area (Å²) in [6.45, 7) is 2.61. The molecule has 3 nitrogen and oxygen atoms in total. The van der Waals surface area contributed by atoms with E-state index in [9.17, 15) is 4.79 Å². The smallest absolute Gasteiger partial charge is 0.252 e. The second-order valence-corrected chi connectivity index (χ2v) is 3.97. The van der Waals surface area contributed by atoms with Crippen molar-refractivity contribution in [2.45, 2.75) is 26.2 Å². The highest BCUT2D eigenvalue weighted by atomic mass is 16.2. The monoisotopic (exact) mass is 245 g/mol. The predicted molar refractivity (Wildman–Crippen MR) is 72.3 cm³/mol. The minimum Gasteiger partial charge on any atom is -0.384 e. The van der Waals surface area contributed by atoms with Crippen molar-refractivity contribution in [1.82, 2.24) is 5.32 Å². The van der Waals surface area contributed by atoms with E-state index in [1.807, 2.05) is 12.1 Å². The number of aliphatic hydroxyl groups is 1. The van der Waals surface area contributed by atoms with Crippen LogP contribution < -0.4 is 5.32 Å². The molecule has 0 spiro atoms. The number of benzene rings is 1. The van der Waals surface area contributed by atoms with Gasteiger partial charge in [-0.15, -0.1) is 0 Å². The van der Waals surface area contributed by atoms with Gasteiger partial charge in [-0.05, 0) is 18.6 Å². The van der Waals surface area contributed by atoms with Gasteiger partial charge in [0.25, 0.3) is 5.91 Å². The zero-order chi connectivity index (χ0) is 13.2. The standard InChI is InChI=1S/C15H19NO2/c1-2-3-6-11-16-15(18)14-10-5-4-8-13(14)9-7-12-17/h4-5,8,10,17H,2-3,6,11-12H2,1H3,(H,16,18). The van der Waals surface area contributed by atoms with Crippen molar-refractivity contribution in [3.05, 3.63) is 35.4 Å². The zero-order valence-electron chi connectivity index (χ0n) is 10.7. The lowest BCUT2D eigenvalue weighted by Gasteiger charge is -2.06. The average molecular weight is 245 g/mol. The zero-order valence-corrected chi connectivity index (χ0v) is 10.7. The average Bonchev–Trinajstić information content (AvgIpc) is 2.41. The molecule has 18 heavy (non-hydrogen) atoms. The Labute approximate surface area is 108 Å². The van der Waals surface area contributed by atoms with E-state index in [-0.39, 0.29) is 12.5 Å². The van der Waals surface area contributed by atoms with E-state index in [2.05, 4.69) is 24.1 Å². The molecule has 0 saturated carbocycles. The van der Waals surface area contributed by atoms with Crippen LogP contribution in [0.15, 0.2) is 24.3 Å². The van der Waals surface area contributed by atoms with Crippen molar-refractivity contribution in [2.75, 3.05) is 13.2 Å². The number of unbranched alkanes of at least 4 members (excludes halogenated alkanes) is 2. The third kappa shape index (κ3) is 4.60. The van der Waals surface area contributed by atoms with Crippen LogP contribution in [0.2, 0.25) is 0 Å². The van der Waals surface area contributed by atoms with Crippen LogP contribution in [0.4, 0.5) is 0 Å². The molecule has 0 bridgehead atoms. The van der Waals surface area contributed by atoms with E-state index in [0.29, 0.717) is 17.7 Å². The first-order valence-electron chi connectivity index (χ1n) is 6.26. The van der Waals surface area contributed by atoms with Gasteiger partial charge in [0.2, 0.25) is 0 Å². The number of rotatable bonds is 5. The van der Waals surface area contributed by atoms with Gasteiger partial charge in [-0.25, -0.2) is 0 Å². The quantitative estimate of drug-likeness (QED) is 0.615. The van der Waals surface area contributed by atoms with Gasteiger partial charge in [-0.2, -0.15) is 0 Å². The molecule has 0 aliphatic heterocycles. The Morgan fingerprint density at radius 1 is 1.33 bits per heavy atom. The molecule has 0 radical (unpaired) electrons. The van der Waals surface area contributed by atoms with Crippen LogP contribution in [0.3, 0.4) is 0 Å². The first-order chi connectivity index (χ1) is 8.79. The summed E-state index contributed by atoms with van der Waals surface area (Å²) in [6.07, 6.45) is 3.24. The second kappa shape index (κ2) is 8.32. The van der Waals surface area contributed by atoms with Crippen LogP contribution in [-0.2, 0) is 0 Å². The van der Waals surface area contributed by atoms with Crippen LogP contribution in [0.5, 0.6) is 0 Å². The molecule has 0 unspecified atom stereocenters. The number of aliphatic hydroxyl groups excluding tert-OH is 1. The van der Waals surface area contributed by atoms with Crippen LogP contribution in [0.25, 0.3) is 0 Å². The van der Waals surface area contributed by atoms with E-state index in [0.717, 1.165) is 19.3 Å². The lowest BCUT2D eigenvalue weighted by Crippen LogP contribution is -2.25. The van der Waals surface area contributed by atoms with E-state index >= 15 is 0 Å². The highest BCUT2D eigenvalue weighted by molar-refractivity contribution is 5.96. The summed E-state index contributed by atoms with van der Waals surface area (Å²) < 4.78 is 0. The second-order valence-electron chi connectivity index (χ2n) is 3.97. The molecule has 1 amide bonds. The molecule has 0 heterocycles. The molecular weight excluding hydrogens is 226 g/mol. The van der Waals surface area contributed by atoms with Crippen molar-refractivity contribution in [1.29, 1.82) is 0 Å². The van der Waals surface area contributed by atoms with E-state index in [4.69, 9.17) is 5.11 Å². The van der Waals surface area contributed by atoms with Crippen molar-refractivity contribution < 1.29 is 9.90 Å². The van der Waals surface area contributed by atoms with Gasteiger partial charge in [0, 0.05) is 12.1 Å². The van der Waals surface area contributed by atoms with Crippen molar-refractivity contribution in [2.24, 2.45) is 0 Å². The molecular formula is C15H19NO2. The summed E-state index contributed by atoms with van der Waals surface area (Å²) in [7, 11) is 0. The van der Waals surface area contributed by atoms with Gasteiger partial charge in [0.1, 0.15) is 6.61 Å². The van der Waals surface area contributed by atoms with Gasteiger partial charge in [-0.3, -0.25) is 4.79 Å². The van der Waals surface area contributed by atoms with Crippen LogP contribution >= 0.6 is 0 Å². The van der Waals surface area contributed by atoms with Gasteiger partial charge in [-0.1, -0.05) is 43.7 Å². The lowest BCUT2D eigenvalue weighted by atomic mass is 10.1. The van der Waals surface area contributed by atoms with Gasteiger partial charge < -0.3 is 10.4 Å². The third-order valence-electron chi connectivity index (χ3n) is 2.54. The summed E-state index contributed by atoms with van der Waals surface area (Å²) in [6, 6.07) is 7.17. The van der Waals surface area contributed by atoms with Gasteiger partial charge in [0.05, 0.1) is 5.56 Å². The summed E-state index contributed by atoms with van der Waals surface area (Å²) in [5, 5.41) is 11.6. The first kappa shape index (κ1) is 14.3. The van der Waals surface area contributed by atoms with Crippen molar-refractivity contribution in [3.63, 3.8) is 0 Å². The minimum absolute atomic E-state index is 0.103. The summed E-state index contributed by atoms with van der Waals surface area (Å²) in [5.41, 5.74) is 1.22. The summed E-state index contributed by atoms with van der Waals surface area (Å²) in [4.78, 5) is 12.0.